The summed E-state index contributed by atoms with van der Waals surface area (Å²) in [5.74, 6) is -2.50. The highest BCUT2D eigenvalue weighted by atomic mass is 35.5. The monoisotopic (exact) mass is 591 g/mol. The van der Waals surface area contributed by atoms with Crippen LogP contribution in [0, 0.1) is 5.82 Å². The third-order valence-electron chi connectivity index (χ3n) is 6.03. The lowest BCUT2D eigenvalue weighted by Gasteiger charge is -2.22. The van der Waals surface area contributed by atoms with E-state index in [0.29, 0.717) is 11.1 Å². The summed E-state index contributed by atoms with van der Waals surface area (Å²) < 4.78 is 66.7. The van der Waals surface area contributed by atoms with Crippen molar-refractivity contribution in [3.63, 3.8) is 0 Å². The average molecular weight is 592 g/mol. The molecule has 0 aliphatic heterocycles. The lowest BCUT2D eigenvalue weighted by atomic mass is 10.0. The molecule has 214 valence electrons. The van der Waals surface area contributed by atoms with Gasteiger partial charge in [0.05, 0.1) is 16.7 Å². The molecule has 2 atom stereocenters. The molecule has 0 radical (unpaired) electrons. The van der Waals surface area contributed by atoms with Crippen LogP contribution in [0.5, 0.6) is 11.5 Å². The molecule has 1 heterocycles. The van der Waals surface area contributed by atoms with Gasteiger partial charge in [-0.05, 0) is 36.2 Å². The van der Waals surface area contributed by atoms with Crippen molar-refractivity contribution in [1.29, 1.82) is 0 Å². The Balaban J connectivity index is 1.79. The van der Waals surface area contributed by atoms with Crippen molar-refractivity contribution in [3.05, 3.63) is 121 Å². The number of carboxylic acid groups (broad SMARTS) is 1. The summed E-state index contributed by atoms with van der Waals surface area (Å²) in [4.78, 5) is 36.3. The maximum absolute atomic E-state index is 15.0. The van der Waals surface area contributed by atoms with Crippen LogP contribution in [0.4, 0.5) is 17.6 Å². The molecule has 1 aromatic heterocycles. The number of aromatic nitrogens is 2. The Bertz CT molecular complexity index is 1700. The first-order valence-electron chi connectivity index (χ1n) is 11.9. The highest BCUT2D eigenvalue weighted by Crippen LogP contribution is 2.36. The van der Waals surface area contributed by atoms with E-state index in [9.17, 15) is 32.7 Å². The first-order chi connectivity index (χ1) is 19.3. The van der Waals surface area contributed by atoms with Crippen molar-refractivity contribution in [3.8, 4) is 17.2 Å². The maximum atomic E-state index is 15.0. The first kappa shape index (κ1) is 29.4. The van der Waals surface area contributed by atoms with E-state index >= 15 is 4.39 Å². The number of aliphatic carboxylic acids is 1. The highest BCUT2D eigenvalue weighted by molar-refractivity contribution is 6.32. The number of hydrogen-bond donors (Lipinski definition) is 0. The van der Waals surface area contributed by atoms with Gasteiger partial charge in [0.2, 0.25) is 0 Å². The van der Waals surface area contributed by atoms with Crippen molar-refractivity contribution in [2.75, 3.05) is 0 Å². The zero-order valence-electron chi connectivity index (χ0n) is 21.3. The molecule has 4 aromatic rings. The van der Waals surface area contributed by atoms with Crippen molar-refractivity contribution in [1.82, 2.24) is 9.13 Å². The van der Waals surface area contributed by atoms with Crippen LogP contribution in [0.2, 0.25) is 5.02 Å². The van der Waals surface area contributed by atoms with Gasteiger partial charge in [-0.15, -0.1) is 0 Å². The normalized spacial score (nSPS) is 13.0. The Kier molecular flexibility index (Phi) is 8.24. The third kappa shape index (κ3) is 6.27. The molecule has 0 N–H and O–H groups in total. The number of rotatable bonds is 8. The van der Waals surface area contributed by atoms with Crippen LogP contribution in [0.25, 0.3) is 5.69 Å². The van der Waals surface area contributed by atoms with Crippen molar-refractivity contribution >= 4 is 17.6 Å². The van der Waals surface area contributed by atoms with Gasteiger partial charge in [-0.1, -0.05) is 54.1 Å². The van der Waals surface area contributed by atoms with Crippen LogP contribution >= 0.6 is 11.6 Å². The first-order valence-corrected chi connectivity index (χ1v) is 12.2. The number of ether oxygens (including phenoxy) is 2. The molecule has 0 amide bonds. The predicted octanol–water partition coefficient (Wildman–Crippen LogP) is 4.03. The quantitative estimate of drug-likeness (QED) is 0.287. The Labute approximate surface area is 234 Å². The zero-order valence-corrected chi connectivity index (χ0v) is 22.1. The summed E-state index contributed by atoms with van der Waals surface area (Å²) in [5, 5.41) is 10.7. The molecule has 4 rings (SSSR count). The summed E-state index contributed by atoms with van der Waals surface area (Å²) in [6.45, 7) is 1.31. The van der Waals surface area contributed by atoms with Gasteiger partial charge in [-0.2, -0.15) is 13.2 Å². The molecule has 8 nitrogen and oxygen atoms in total. The van der Waals surface area contributed by atoms with E-state index in [2.05, 4.69) is 0 Å². The lowest BCUT2D eigenvalue weighted by molar-refractivity contribution is -0.312. The van der Waals surface area contributed by atoms with Crippen LogP contribution in [-0.4, -0.2) is 21.2 Å². The Morgan fingerprint density at radius 1 is 0.951 bits per heavy atom. The average Bonchev–Trinajstić information content (AvgIpc) is 2.91. The molecule has 0 saturated heterocycles. The molecular formula is C28H20ClF4N2O6-. The third-order valence-corrected chi connectivity index (χ3v) is 6.32. The SMILES string of the molecule is CC(Oc1ccc(C(Oc2cc(-n3c(=O)cc(C(F)(F)F)n(C)c3=O)c(F)cc2Cl)c2ccccc2)cc1)C(=O)[O-]. The zero-order chi connectivity index (χ0) is 30.1. The molecule has 3 aromatic carbocycles. The molecule has 0 aliphatic rings. The molecule has 2 unspecified atom stereocenters. The molecule has 0 bridgehead atoms. The topological polar surface area (TPSA) is 103 Å². The Morgan fingerprint density at radius 3 is 2.15 bits per heavy atom. The van der Waals surface area contributed by atoms with Gasteiger partial charge in [-0.25, -0.2) is 13.8 Å². The molecule has 0 saturated carbocycles. The standard InChI is InChI=1S/C28H21ClF4N2O6/c1-15(26(37)38)40-18-10-8-17(9-11-18)25(16-6-4-3-5-7-16)41-22-13-21(20(30)12-19(22)29)35-24(36)14-23(28(31,32)33)34(2)27(35)39/h3-15,25H,1-2H3,(H,37,38)/p-1. The number of nitrogens with zero attached hydrogens (tertiary/aromatic N) is 2. The largest absolute Gasteiger partial charge is 0.546 e. The van der Waals surface area contributed by atoms with E-state index < -0.39 is 52.8 Å². The van der Waals surface area contributed by atoms with Gasteiger partial charge in [0.25, 0.3) is 5.56 Å². The van der Waals surface area contributed by atoms with Gasteiger partial charge in [-0.3, -0.25) is 9.36 Å². The summed E-state index contributed by atoms with van der Waals surface area (Å²) in [6, 6.07) is 16.7. The van der Waals surface area contributed by atoms with Crippen LogP contribution in [0.15, 0.2) is 82.4 Å². The van der Waals surface area contributed by atoms with Gasteiger partial charge in [0, 0.05) is 19.2 Å². The summed E-state index contributed by atoms with van der Waals surface area (Å²) in [6.07, 6.45) is -7.10. The number of carboxylic acids is 1. The van der Waals surface area contributed by atoms with E-state index in [1.807, 2.05) is 0 Å². The summed E-state index contributed by atoms with van der Waals surface area (Å²) >= 11 is 6.25. The second-order valence-electron chi connectivity index (χ2n) is 8.83. The molecule has 13 heteroatoms. The summed E-state index contributed by atoms with van der Waals surface area (Å²) in [5.41, 5.74) is -3.88. The van der Waals surface area contributed by atoms with Crippen molar-refractivity contribution < 1.29 is 36.9 Å². The number of hydrogen-bond acceptors (Lipinski definition) is 6. The van der Waals surface area contributed by atoms with Gasteiger partial charge < -0.3 is 19.4 Å². The van der Waals surface area contributed by atoms with Crippen LogP contribution in [0.3, 0.4) is 0 Å². The number of carbonyl (C=O) groups is 1. The molecule has 41 heavy (non-hydrogen) atoms. The predicted molar refractivity (Wildman–Crippen MR) is 138 cm³/mol. The van der Waals surface area contributed by atoms with Gasteiger partial charge in [0.1, 0.15) is 35.2 Å². The fourth-order valence-electron chi connectivity index (χ4n) is 3.96. The van der Waals surface area contributed by atoms with Gasteiger partial charge >= 0.3 is 11.9 Å². The summed E-state index contributed by atoms with van der Waals surface area (Å²) in [7, 11) is 0.804. The minimum absolute atomic E-state index is 0.184. The van der Waals surface area contributed by atoms with Crippen LogP contribution in [0.1, 0.15) is 29.8 Å². The molecular weight excluding hydrogens is 572 g/mol. The number of alkyl halides is 3. The number of benzene rings is 3. The van der Waals surface area contributed by atoms with Crippen LogP contribution in [-0.2, 0) is 18.0 Å². The fraction of sp³-hybridized carbons (Fsp3) is 0.179. The van der Waals surface area contributed by atoms with E-state index in [-0.39, 0.29) is 31.7 Å². The second kappa shape index (κ2) is 11.5. The smallest absolute Gasteiger partial charge is 0.431 e. The van der Waals surface area contributed by atoms with E-state index in [4.69, 9.17) is 21.1 Å². The molecule has 0 aliphatic carbocycles. The van der Waals surface area contributed by atoms with E-state index in [1.54, 1.807) is 42.5 Å². The lowest BCUT2D eigenvalue weighted by Crippen LogP contribution is -2.41. The van der Waals surface area contributed by atoms with E-state index in [0.717, 1.165) is 19.2 Å². The Hall–Kier alpha value is -4.58. The number of halogens is 5. The molecule has 0 fully saturated rings. The van der Waals surface area contributed by atoms with Crippen molar-refractivity contribution in [2.45, 2.75) is 25.3 Å². The van der Waals surface area contributed by atoms with E-state index in [1.165, 1.54) is 19.1 Å². The van der Waals surface area contributed by atoms with Gasteiger partial charge in [0.15, 0.2) is 0 Å². The minimum atomic E-state index is -5.00. The fourth-order valence-corrected chi connectivity index (χ4v) is 4.15. The van der Waals surface area contributed by atoms with Crippen LogP contribution < -0.4 is 25.8 Å². The maximum Gasteiger partial charge on any atom is 0.431 e. The highest BCUT2D eigenvalue weighted by Gasteiger charge is 2.35. The second-order valence-corrected chi connectivity index (χ2v) is 9.24. The number of carbonyl (C=O) groups excluding carboxylic acids is 1. The molecule has 0 spiro atoms. The minimum Gasteiger partial charge on any atom is -0.546 e. The van der Waals surface area contributed by atoms with Crippen molar-refractivity contribution in [2.24, 2.45) is 7.05 Å². The Morgan fingerprint density at radius 2 is 1.56 bits per heavy atom.